The molecular formula is C10H6BrN3O2S. The summed E-state index contributed by atoms with van der Waals surface area (Å²) in [5.74, 6) is -1.02. The fourth-order valence-corrected chi connectivity index (χ4v) is 2.22. The van der Waals surface area contributed by atoms with Gasteiger partial charge in [0.1, 0.15) is 16.4 Å². The molecule has 0 aliphatic rings. The highest BCUT2D eigenvalue weighted by Gasteiger charge is 2.13. The first kappa shape index (κ1) is 12.0. The van der Waals surface area contributed by atoms with Gasteiger partial charge in [-0.15, -0.1) is 0 Å². The summed E-state index contributed by atoms with van der Waals surface area (Å²) in [6, 6.07) is 3.21. The van der Waals surface area contributed by atoms with E-state index in [-0.39, 0.29) is 5.56 Å². The van der Waals surface area contributed by atoms with Gasteiger partial charge in [-0.05, 0) is 39.8 Å². The van der Waals surface area contributed by atoms with E-state index in [9.17, 15) is 4.79 Å². The lowest BCUT2D eigenvalue weighted by atomic mass is 10.3. The van der Waals surface area contributed by atoms with Crippen LogP contribution < -0.4 is 0 Å². The van der Waals surface area contributed by atoms with Gasteiger partial charge >= 0.3 is 5.97 Å². The Labute approximate surface area is 109 Å². The quantitative estimate of drug-likeness (QED) is 0.878. The van der Waals surface area contributed by atoms with Crippen molar-refractivity contribution < 1.29 is 9.90 Å². The van der Waals surface area contributed by atoms with Crippen molar-refractivity contribution >= 4 is 33.7 Å². The zero-order valence-electron chi connectivity index (χ0n) is 8.37. The number of aromatic nitrogens is 3. The van der Waals surface area contributed by atoms with Crippen LogP contribution in [0.15, 0.2) is 45.4 Å². The highest BCUT2D eigenvalue weighted by molar-refractivity contribution is 9.10. The van der Waals surface area contributed by atoms with E-state index in [1.165, 1.54) is 24.2 Å². The number of rotatable bonds is 3. The predicted octanol–water partition coefficient (Wildman–Crippen LogP) is 2.48. The minimum atomic E-state index is -1.02. The van der Waals surface area contributed by atoms with Gasteiger partial charge in [-0.25, -0.2) is 19.7 Å². The number of halogens is 1. The van der Waals surface area contributed by atoms with E-state index in [1.807, 2.05) is 0 Å². The maximum atomic E-state index is 11.1. The molecule has 1 N–H and O–H groups in total. The Morgan fingerprint density at radius 3 is 2.88 bits per heavy atom. The number of carbonyl (C=O) groups is 1. The van der Waals surface area contributed by atoms with Crippen LogP contribution in [-0.2, 0) is 0 Å². The van der Waals surface area contributed by atoms with E-state index >= 15 is 0 Å². The summed E-state index contributed by atoms with van der Waals surface area (Å²) in [5.41, 5.74) is 0.142. The predicted molar refractivity (Wildman–Crippen MR) is 65.1 cm³/mol. The lowest BCUT2D eigenvalue weighted by molar-refractivity contribution is 0.0692. The van der Waals surface area contributed by atoms with Gasteiger partial charge in [0, 0.05) is 16.9 Å². The molecule has 0 fully saturated rings. The molecule has 0 saturated carbocycles. The number of carboxylic acid groups (broad SMARTS) is 1. The molecule has 17 heavy (non-hydrogen) atoms. The van der Waals surface area contributed by atoms with Crippen LogP contribution in [0, 0.1) is 0 Å². The molecule has 0 atom stereocenters. The Morgan fingerprint density at radius 1 is 1.41 bits per heavy atom. The zero-order chi connectivity index (χ0) is 12.3. The molecule has 7 heteroatoms. The van der Waals surface area contributed by atoms with Gasteiger partial charge in [-0.3, -0.25) is 0 Å². The molecule has 2 heterocycles. The van der Waals surface area contributed by atoms with Crippen molar-refractivity contribution in [2.24, 2.45) is 0 Å². The van der Waals surface area contributed by atoms with Gasteiger partial charge in [0.15, 0.2) is 0 Å². The number of nitrogens with zero attached hydrogens (tertiary/aromatic N) is 3. The standard InChI is InChI=1S/C10H6BrN3O2S/c11-6-3-7(10(15)16)9(13-4-6)17-8-1-2-12-5-14-8/h1-5H,(H,15,16). The largest absolute Gasteiger partial charge is 0.478 e. The van der Waals surface area contributed by atoms with Gasteiger partial charge in [0.25, 0.3) is 0 Å². The Bertz CT molecular complexity index is 551. The van der Waals surface area contributed by atoms with Crippen LogP contribution in [0.4, 0.5) is 0 Å². The van der Waals surface area contributed by atoms with Crippen LogP contribution in [0.2, 0.25) is 0 Å². The monoisotopic (exact) mass is 311 g/mol. The second-order valence-corrected chi connectivity index (χ2v) is 4.89. The van der Waals surface area contributed by atoms with Crippen molar-refractivity contribution in [1.82, 2.24) is 15.0 Å². The molecule has 0 unspecified atom stereocenters. The van der Waals surface area contributed by atoms with E-state index in [0.29, 0.717) is 14.5 Å². The SMILES string of the molecule is O=C(O)c1cc(Br)cnc1Sc1ccncn1. The van der Waals surface area contributed by atoms with E-state index in [0.717, 1.165) is 0 Å². The molecule has 2 aromatic rings. The van der Waals surface area contributed by atoms with Crippen molar-refractivity contribution in [3.63, 3.8) is 0 Å². The first-order valence-corrected chi connectivity index (χ1v) is 6.10. The first-order chi connectivity index (χ1) is 8.16. The van der Waals surface area contributed by atoms with Gasteiger partial charge in [0.05, 0.1) is 5.56 Å². The van der Waals surface area contributed by atoms with Crippen molar-refractivity contribution in [3.8, 4) is 0 Å². The van der Waals surface area contributed by atoms with Crippen LogP contribution in [0.25, 0.3) is 0 Å². The van der Waals surface area contributed by atoms with Crippen molar-refractivity contribution in [1.29, 1.82) is 0 Å². The van der Waals surface area contributed by atoms with Gasteiger partial charge in [-0.2, -0.15) is 0 Å². The van der Waals surface area contributed by atoms with Gasteiger partial charge in [-0.1, -0.05) is 0 Å². The molecule has 2 rings (SSSR count). The number of pyridine rings is 1. The van der Waals surface area contributed by atoms with Crippen molar-refractivity contribution in [2.75, 3.05) is 0 Å². The molecule has 2 aromatic heterocycles. The molecule has 0 aliphatic carbocycles. The van der Waals surface area contributed by atoms with Crippen LogP contribution in [0.3, 0.4) is 0 Å². The van der Waals surface area contributed by atoms with Crippen molar-refractivity contribution in [2.45, 2.75) is 10.1 Å². The second kappa shape index (κ2) is 5.24. The molecule has 0 bridgehead atoms. The molecule has 86 valence electrons. The molecule has 0 aromatic carbocycles. The first-order valence-electron chi connectivity index (χ1n) is 4.49. The maximum absolute atomic E-state index is 11.1. The molecule has 5 nitrogen and oxygen atoms in total. The summed E-state index contributed by atoms with van der Waals surface area (Å²) in [5, 5.41) is 10.1. The van der Waals surface area contributed by atoms with Crippen LogP contribution in [0.5, 0.6) is 0 Å². The molecule has 0 spiro atoms. The third-order valence-corrected chi connectivity index (χ3v) is 3.21. The zero-order valence-corrected chi connectivity index (χ0v) is 10.8. The summed E-state index contributed by atoms with van der Waals surface area (Å²) in [4.78, 5) is 22.9. The highest BCUT2D eigenvalue weighted by atomic mass is 79.9. The maximum Gasteiger partial charge on any atom is 0.338 e. The van der Waals surface area contributed by atoms with Gasteiger partial charge in [0.2, 0.25) is 0 Å². The number of carboxylic acids is 1. The van der Waals surface area contributed by atoms with E-state index in [4.69, 9.17) is 5.11 Å². The third-order valence-electron chi connectivity index (χ3n) is 1.80. The van der Waals surface area contributed by atoms with Crippen LogP contribution in [-0.4, -0.2) is 26.0 Å². The van der Waals surface area contributed by atoms with E-state index in [2.05, 4.69) is 30.9 Å². The topological polar surface area (TPSA) is 76.0 Å². The average molecular weight is 312 g/mol. The van der Waals surface area contributed by atoms with E-state index < -0.39 is 5.97 Å². The smallest absolute Gasteiger partial charge is 0.338 e. The third kappa shape index (κ3) is 3.01. The lowest BCUT2D eigenvalue weighted by Crippen LogP contribution is -2.01. The lowest BCUT2D eigenvalue weighted by Gasteiger charge is -2.04. The Balaban J connectivity index is 2.36. The Kier molecular flexibility index (Phi) is 3.70. The summed E-state index contributed by atoms with van der Waals surface area (Å²) in [6.07, 6.45) is 4.55. The fraction of sp³-hybridized carbons (Fsp3) is 0. The van der Waals surface area contributed by atoms with E-state index in [1.54, 1.807) is 18.5 Å². The molecular weight excluding hydrogens is 306 g/mol. The molecule has 0 aliphatic heterocycles. The Hall–Kier alpha value is -1.47. The number of aromatic carboxylic acids is 1. The molecule has 0 radical (unpaired) electrons. The average Bonchev–Trinajstić information content (AvgIpc) is 2.32. The number of hydrogen-bond donors (Lipinski definition) is 1. The summed E-state index contributed by atoms with van der Waals surface area (Å²) in [6.45, 7) is 0. The molecule has 0 amide bonds. The normalized spacial score (nSPS) is 10.2. The number of hydrogen-bond acceptors (Lipinski definition) is 5. The van der Waals surface area contributed by atoms with Crippen LogP contribution >= 0.6 is 27.7 Å². The van der Waals surface area contributed by atoms with Crippen LogP contribution in [0.1, 0.15) is 10.4 Å². The minimum absolute atomic E-state index is 0.142. The molecule has 0 saturated heterocycles. The summed E-state index contributed by atoms with van der Waals surface area (Å²) >= 11 is 4.38. The second-order valence-electron chi connectivity index (χ2n) is 2.96. The summed E-state index contributed by atoms with van der Waals surface area (Å²) < 4.78 is 0.627. The Morgan fingerprint density at radius 2 is 2.24 bits per heavy atom. The van der Waals surface area contributed by atoms with Crippen molar-refractivity contribution in [3.05, 3.63) is 40.9 Å². The highest BCUT2D eigenvalue weighted by Crippen LogP contribution is 2.28. The minimum Gasteiger partial charge on any atom is -0.478 e. The fourth-order valence-electron chi connectivity index (χ4n) is 1.10. The summed E-state index contributed by atoms with van der Waals surface area (Å²) in [7, 11) is 0. The van der Waals surface area contributed by atoms with Gasteiger partial charge < -0.3 is 5.11 Å².